The van der Waals surface area contributed by atoms with E-state index in [0.29, 0.717) is 27.4 Å². The van der Waals surface area contributed by atoms with E-state index in [-0.39, 0.29) is 19.1 Å². The number of aryl methyl sites for hydroxylation is 1. The molecule has 2 aromatic rings. The van der Waals surface area contributed by atoms with Gasteiger partial charge in [0.05, 0.1) is 22.2 Å². The van der Waals surface area contributed by atoms with Crippen molar-refractivity contribution >= 4 is 46.2 Å². The summed E-state index contributed by atoms with van der Waals surface area (Å²) in [6, 6.07) is 13.1. The highest BCUT2D eigenvalue weighted by molar-refractivity contribution is 8.19. The SMILES string of the molecule is CCC/N=C1\S/C(=C\c2ccc(OC[C@@H](CO)OC)c(Cl)c2)C(=O)N1c1ccccc1C. The first-order valence-electron chi connectivity index (χ1n) is 10.4. The van der Waals surface area contributed by atoms with E-state index in [9.17, 15) is 9.90 Å². The fraction of sp³-hybridized carbons (Fsp3) is 0.333. The number of benzene rings is 2. The van der Waals surface area contributed by atoms with Crippen LogP contribution in [0.3, 0.4) is 0 Å². The second kappa shape index (κ2) is 11.5. The molecule has 6 nitrogen and oxygen atoms in total. The molecule has 0 bridgehead atoms. The zero-order valence-corrected chi connectivity index (χ0v) is 19.9. The van der Waals surface area contributed by atoms with E-state index in [0.717, 1.165) is 23.2 Å². The van der Waals surface area contributed by atoms with Gasteiger partial charge >= 0.3 is 0 Å². The van der Waals surface area contributed by atoms with Crippen LogP contribution in [-0.4, -0.2) is 49.2 Å². The summed E-state index contributed by atoms with van der Waals surface area (Å²) in [7, 11) is 1.51. The molecule has 0 saturated carbocycles. The molecular weight excluding hydrogens is 448 g/mol. The van der Waals surface area contributed by atoms with Crippen molar-refractivity contribution in [3.8, 4) is 5.75 Å². The number of aliphatic hydroxyl groups excluding tert-OH is 1. The quantitative estimate of drug-likeness (QED) is 0.522. The first-order chi connectivity index (χ1) is 15.5. The molecule has 1 fully saturated rings. The van der Waals surface area contributed by atoms with Crippen LogP contribution in [0.4, 0.5) is 5.69 Å². The molecule has 2 aromatic carbocycles. The van der Waals surface area contributed by atoms with Gasteiger partial charge in [-0.25, -0.2) is 0 Å². The monoisotopic (exact) mass is 474 g/mol. The number of aliphatic hydroxyl groups is 1. The molecule has 0 radical (unpaired) electrons. The van der Waals surface area contributed by atoms with Crippen LogP contribution >= 0.6 is 23.4 Å². The van der Waals surface area contributed by atoms with Gasteiger partial charge in [-0.3, -0.25) is 14.7 Å². The molecule has 1 heterocycles. The molecule has 0 aromatic heterocycles. The number of amides is 1. The van der Waals surface area contributed by atoms with Crippen LogP contribution in [0.1, 0.15) is 24.5 Å². The fourth-order valence-corrected chi connectivity index (χ4v) is 4.31. The second-order valence-electron chi connectivity index (χ2n) is 7.24. The Labute approximate surface area is 197 Å². The van der Waals surface area contributed by atoms with Gasteiger partial charge in [0.2, 0.25) is 0 Å². The Morgan fingerprint density at radius 2 is 2.06 bits per heavy atom. The van der Waals surface area contributed by atoms with E-state index in [2.05, 4.69) is 11.9 Å². The van der Waals surface area contributed by atoms with Crippen molar-refractivity contribution in [1.29, 1.82) is 0 Å². The zero-order valence-electron chi connectivity index (χ0n) is 18.4. The molecule has 32 heavy (non-hydrogen) atoms. The predicted octanol–water partition coefficient (Wildman–Crippen LogP) is 4.92. The Morgan fingerprint density at radius 1 is 1.28 bits per heavy atom. The normalized spacial score (nSPS) is 17.4. The maximum Gasteiger partial charge on any atom is 0.271 e. The molecule has 0 unspecified atom stereocenters. The van der Waals surface area contributed by atoms with Crippen LogP contribution in [0, 0.1) is 6.92 Å². The van der Waals surface area contributed by atoms with Gasteiger partial charge in [-0.15, -0.1) is 0 Å². The van der Waals surface area contributed by atoms with Crippen LogP contribution in [0.5, 0.6) is 5.75 Å². The standard InChI is InChI=1S/C24H27ClN2O4S/c1-4-11-26-24-27(20-8-6-5-7-16(20)2)23(29)22(32-24)13-17-9-10-21(19(25)12-17)31-15-18(14-28)30-3/h5-10,12-13,18,28H,4,11,14-15H2,1-3H3/b22-13-,26-24-/t18-/m1/s1. The number of ether oxygens (including phenoxy) is 2. The molecule has 8 heteroatoms. The predicted molar refractivity (Wildman–Crippen MR) is 132 cm³/mol. The number of aliphatic imine (C=N–C) groups is 1. The Kier molecular flexibility index (Phi) is 8.75. The molecular formula is C24H27ClN2O4S. The van der Waals surface area contributed by atoms with Crippen molar-refractivity contribution in [2.75, 3.05) is 31.8 Å². The lowest BCUT2D eigenvalue weighted by Crippen LogP contribution is -2.29. The number of hydrogen-bond acceptors (Lipinski definition) is 6. The average Bonchev–Trinajstić information content (AvgIpc) is 3.09. The van der Waals surface area contributed by atoms with Gasteiger partial charge < -0.3 is 14.6 Å². The van der Waals surface area contributed by atoms with E-state index in [1.54, 1.807) is 17.0 Å². The van der Waals surface area contributed by atoms with Gasteiger partial charge in [-0.1, -0.05) is 42.8 Å². The minimum atomic E-state index is -0.423. The summed E-state index contributed by atoms with van der Waals surface area (Å²) in [6.07, 6.45) is 2.29. The summed E-state index contributed by atoms with van der Waals surface area (Å²) in [4.78, 5) is 20.2. The Balaban J connectivity index is 1.86. The Bertz CT molecular complexity index is 1020. The van der Waals surface area contributed by atoms with Crippen molar-refractivity contribution < 1.29 is 19.4 Å². The van der Waals surface area contributed by atoms with E-state index in [1.807, 2.05) is 43.3 Å². The van der Waals surface area contributed by atoms with Crippen molar-refractivity contribution in [2.45, 2.75) is 26.4 Å². The first-order valence-corrected chi connectivity index (χ1v) is 11.6. The molecule has 3 rings (SSSR count). The van der Waals surface area contributed by atoms with Crippen LogP contribution in [0.25, 0.3) is 6.08 Å². The number of halogens is 1. The highest BCUT2D eigenvalue weighted by Gasteiger charge is 2.35. The molecule has 0 spiro atoms. The minimum absolute atomic E-state index is 0.110. The Hall–Kier alpha value is -2.32. The zero-order chi connectivity index (χ0) is 23.1. The number of nitrogens with zero attached hydrogens (tertiary/aromatic N) is 2. The van der Waals surface area contributed by atoms with Gasteiger partial charge in [0, 0.05) is 13.7 Å². The third-order valence-electron chi connectivity index (χ3n) is 4.85. The van der Waals surface area contributed by atoms with E-state index in [4.69, 9.17) is 21.1 Å². The smallest absolute Gasteiger partial charge is 0.271 e. The van der Waals surface area contributed by atoms with Gasteiger partial charge in [-0.2, -0.15) is 0 Å². The number of amidine groups is 1. The lowest BCUT2D eigenvalue weighted by molar-refractivity contribution is -0.113. The number of carbonyl (C=O) groups is 1. The summed E-state index contributed by atoms with van der Waals surface area (Å²) in [5.41, 5.74) is 2.63. The van der Waals surface area contributed by atoms with E-state index in [1.165, 1.54) is 18.9 Å². The summed E-state index contributed by atoms with van der Waals surface area (Å²) in [6.45, 7) is 4.73. The van der Waals surface area contributed by atoms with Crippen molar-refractivity contribution in [2.24, 2.45) is 4.99 Å². The number of para-hydroxylation sites is 1. The lowest BCUT2D eigenvalue weighted by atomic mass is 10.1. The number of carbonyl (C=O) groups excluding carboxylic acids is 1. The van der Waals surface area contributed by atoms with Crippen LogP contribution < -0.4 is 9.64 Å². The van der Waals surface area contributed by atoms with Crippen molar-refractivity contribution in [1.82, 2.24) is 0 Å². The third kappa shape index (κ3) is 5.72. The molecule has 1 aliphatic heterocycles. The lowest BCUT2D eigenvalue weighted by Gasteiger charge is -2.18. The van der Waals surface area contributed by atoms with Crippen LogP contribution in [0.2, 0.25) is 5.02 Å². The molecule has 170 valence electrons. The minimum Gasteiger partial charge on any atom is -0.489 e. The van der Waals surface area contributed by atoms with Crippen LogP contribution in [0.15, 0.2) is 52.4 Å². The van der Waals surface area contributed by atoms with E-state index < -0.39 is 6.10 Å². The molecule has 0 aliphatic carbocycles. The highest BCUT2D eigenvalue weighted by atomic mass is 35.5. The van der Waals surface area contributed by atoms with Crippen molar-refractivity contribution in [3.05, 3.63) is 63.5 Å². The third-order valence-corrected chi connectivity index (χ3v) is 6.15. The molecule has 1 aliphatic rings. The topological polar surface area (TPSA) is 71.4 Å². The maximum absolute atomic E-state index is 13.3. The number of methoxy groups -OCH3 is 1. The summed E-state index contributed by atoms with van der Waals surface area (Å²) in [5, 5.41) is 10.3. The summed E-state index contributed by atoms with van der Waals surface area (Å²) in [5.74, 6) is 0.378. The van der Waals surface area contributed by atoms with E-state index >= 15 is 0 Å². The second-order valence-corrected chi connectivity index (χ2v) is 8.66. The largest absolute Gasteiger partial charge is 0.489 e. The molecule has 1 atom stereocenters. The fourth-order valence-electron chi connectivity index (χ4n) is 3.07. The number of hydrogen-bond donors (Lipinski definition) is 1. The number of anilines is 1. The molecule has 1 N–H and O–H groups in total. The van der Waals surface area contributed by atoms with Gasteiger partial charge in [-0.05, 0) is 60.5 Å². The van der Waals surface area contributed by atoms with Gasteiger partial charge in [0.1, 0.15) is 18.5 Å². The van der Waals surface area contributed by atoms with Crippen LogP contribution in [-0.2, 0) is 9.53 Å². The maximum atomic E-state index is 13.3. The molecule has 1 saturated heterocycles. The summed E-state index contributed by atoms with van der Waals surface area (Å²) < 4.78 is 10.7. The highest BCUT2D eigenvalue weighted by Crippen LogP contribution is 2.38. The summed E-state index contributed by atoms with van der Waals surface area (Å²) >= 11 is 7.74. The number of rotatable bonds is 9. The first kappa shape index (κ1) is 24.3. The van der Waals surface area contributed by atoms with Gasteiger partial charge in [0.25, 0.3) is 5.91 Å². The van der Waals surface area contributed by atoms with Crippen molar-refractivity contribution in [3.63, 3.8) is 0 Å². The van der Waals surface area contributed by atoms with Gasteiger partial charge in [0.15, 0.2) is 5.17 Å². The molecule has 1 amide bonds. The number of thioether (sulfide) groups is 1. The average molecular weight is 475 g/mol. The Morgan fingerprint density at radius 3 is 2.72 bits per heavy atom.